The summed E-state index contributed by atoms with van der Waals surface area (Å²) >= 11 is 0. The summed E-state index contributed by atoms with van der Waals surface area (Å²) in [5.41, 5.74) is 6.05. The smallest absolute Gasteiger partial charge is 0.0110 e. The number of piperidine rings is 1. The Bertz CT molecular complexity index is 134. The summed E-state index contributed by atoms with van der Waals surface area (Å²) in [4.78, 5) is 0. The van der Waals surface area contributed by atoms with E-state index in [4.69, 9.17) is 5.73 Å². The molecule has 2 fully saturated rings. The fourth-order valence-corrected chi connectivity index (χ4v) is 2.59. The minimum atomic E-state index is 0.488. The molecule has 2 heteroatoms. The lowest BCUT2D eigenvalue weighted by molar-refractivity contribution is 0.184. The van der Waals surface area contributed by atoms with Gasteiger partial charge in [-0.15, -0.1) is 0 Å². The van der Waals surface area contributed by atoms with Gasteiger partial charge in [-0.05, 0) is 38.1 Å². The molecule has 2 nitrogen and oxygen atoms in total. The topological polar surface area (TPSA) is 38.0 Å². The average Bonchev–Trinajstić information content (AvgIpc) is 2.06. The Balaban J connectivity index is 1.99. The van der Waals surface area contributed by atoms with Gasteiger partial charge in [-0.2, -0.15) is 0 Å². The van der Waals surface area contributed by atoms with Crippen molar-refractivity contribution in [3.8, 4) is 0 Å². The van der Waals surface area contributed by atoms with E-state index in [1.807, 2.05) is 0 Å². The van der Waals surface area contributed by atoms with E-state index in [9.17, 15) is 0 Å². The highest BCUT2D eigenvalue weighted by Gasteiger charge is 2.32. The molecular weight excluding hydrogens is 136 g/mol. The Morgan fingerprint density at radius 1 is 1.09 bits per heavy atom. The number of nitrogens with one attached hydrogen (secondary N) is 1. The van der Waals surface area contributed by atoms with Crippen molar-refractivity contribution < 1.29 is 0 Å². The highest BCUT2D eigenvalue weighted by molar-refractivity contribution is 4.91. The van der Waals surface area contributed by atoms with E-state index < -0.39 is 0 Å². The van der Waals surface area contributed by atoms with Crippen molar-refractivity contribution in [1.29, 1.82) is 0 Å². The van der Waals surface area contributed by atoms with Crippen LogP contribution in [-0.4, -0.2) is 18.6 Å². The second-order valence-electron chi connectivity index (χ2n) is 3.96. The first-order chi connectivity index (χ1) is 5.38. The summed E-state index contributed by atoms with van der Waals surface area (Å²) in [6.07, 6.45) is 6.63. The number of rotatable bonds is 0. The van der Waals surface area contributed by atoms with Crippen molar-refractivity contribution in [2.24, 2.45) is 11.7 Å². The van der Waals surface area contributed by atoms with E-state index in [1.54, 1.807) is 0 Å². The summed E-state index contributed by atoms with van der Waals surface area (Å²) in [7, 11) is 0. The summed E-state index contributed by atoms with van der Waals surface area (Å²) in [5, 5.41) is 3.57. The molecule has 0 aromatic carbocycles. The molecule has 1 heterocycles. The van der Waals surface area contributed by atoms with Crippen LogP contribution in [0.15, 0.2) is 0 Å². The van der Waals surface area contributed by atoms with Crippen molar-refractivity contribution in [2.45, 2.75) is 44.2 Å². The normalized spacial score (nSPS) is 45.0. The Morgan fingerprint density at radius 3 is 2.82 bits per heavy atom. The van der Waals surface area contributed by atoms with Gasteiger partial charge in [0.05, 0.1) is 0 Å². The average molecular weight is 154 g/mol. The summed E-state index contributed by atoms with van der Waals surface area (Å²) in [5.74, 6) is 0.789. The van der Waals surface area contributed by atoms with Crippen LogP contribution in [-0.2, 0) is 0 Å². The molecule has 2 rings (SSSR count). The van der Waals surface area contributed by atoms with E-state index in [2.05, 4.69) is 5.32 Å². The Labute approximate surface area is 68.5 Å². The van der Waals surface area contributed by atoms with E-state index in [-0.39, 0.29) is 0 Å². The second kappa shape index (κ2) is 3.11. The zero-order chi connectivity index (χ0) is 7.68. The molecule has 0 bridgehead atoms. The van der Waals surface area contributed by atoms with Gasteiger partial charge in [-0.25, -0.2) is 0 Å². The predicted octanol–water partition coefficient (Wildman–Crippen LogP) is 0.866. The van der Waals surface area contributed by atoms with Gasteiger partial charge in [-0.1, -0.05) is 6.42 Å². The van der Waals surface area contributed by atoms with Crippen molar-refractivity contribution >= 4 is 0 Å². The Hall–Kier alpha value is -0.0800. The van der Waals surface area contributed by atoms with Crippen molar-refractivity contribution in [3.63, 3.8) is 0 Å². The van der Waals surface area contributed by atoms with Crippen molar-refractivity contribution in [3.05, 3.63) is 0 Å². The molecule has 11 heavy (non-hydrogen) atoms. The first kappa shape index (κ1) is 7.56. The van der Waals surface area contributed by atoms with Gasteiger partial charge in [0.1, 0.15) is 0 Å². The monoisotopic (exact) mass is 154 g/mol. The van der Waals surface area contributed by atoms with E-state index in [0.717, 1.165) is 12.0 Å². The van der Waals surface area contributed by atoms with Crippen LogP contribution in [0.4, 0.5) is 0 Å². The molecule has 64 valence electrons. The minimum Gasteiger partial charge on any atom is -0.327 e. The highest BCUT2D eigenvalue weighted by atomic mass is 14.9. The lowest BCUT2D eigenvalue weighted by Gasteiger charge is -2.40. The second-order valence-corrected chi connectivity index (χ2v) is 3.96. The quantitative estimate of drug-likeness (QED) is 0.543. The third-order valence-corrected chi connectivity index (χ3v) is 3.24. The van der Waals surface area contributed by atoms with Gasteiger partial charge in [-0.3, -0.25) is 0 Å². The Kier molecular flexibility index (Phi) is 2.14. The van der Waals surface area contributed by atoms with Gasteiger partial charge < -0.3 is 11.1 Å². The molecule has 1 saturated carbocycles. The fraction of sp³-hybridized carbons (Fsp3) is 1.00. The van der Waals surface area contributed by atoms with Gasteiger partial charge in [0, 0.05) is 12.1 Å². The summed E-state index contributed by atoms with van der Waals surface area (Å²) in [6.45, 7) is 1.22. The molecule has 0 unspecified atom stereocenters. The number of hydrogen-bond acceptors (Lipinski definition) is 2. The van der Waals surface area contributed by atoms with Crippen molar-refractivity contribution in [1.82, 2.24) is 5.32 Å². The lowest BCUT2D eigenvalue weighted by atomic mass is 9.76. The molecule has 1 aliphatic carbocycles. The van der Waals surface area contributed by atoms with Crippen LogP contribution in [0.1, 0.15) is 32.1 Å². The minimum absolute atomic E-state index is 0.488. The van der Waals surface area contributed by atoms with Crippen molar-refractivity contribution in [2.75, 3.05) is 6.54 Å². The predicted molar refractivity (Wildman–Crippen MR) is 46.3 cm³/mol. The third kappa shape index (κ3) is 1.42. The molecule has 0 aromatic heterocycles. The maximum absolute atomic E-state index is 6.05. The van der Waals surface area contributed by atoms with Crippen LogP contribution in [0.3, 0.4) is 0 Å². The summed E-state index contributed by atoms with van der Waals surface area (Å²) < 4.78 is 0. The van der Waals surface area contributed by atoms with Crippen LogP contribution in [0, 0.1) is 5.92 Å². The molecular formula is C9H18N2. The molecule has 1 saturated heterocycles. The zero-order valence-corrected chi connectivity index (χ0v) is 7.05. The van der Waals surface area contributed by atoms with Gasteiger partial charge in [0.15, 0.2) is 0 Å². The maximum atomic E-state index is 6.05. The molecule has 0 amide bonds. The lowest BCUT2D eigenvalue weighted by Crippen LogP contribution is -2.51. The van der Waals surface area contributed by atoms with Crippen LogP contribution >= 0.6 is 0 Å². The first-order valence-electron chi connectivity index (χ1n) is 4.87. The number of nitrogens with two attached hydrogens (primary N) is 1. The molecule has 0 aromatic rings. The van der Waals surface area contributed by atoms with Gasteiger partial charge in [0.25, 0.3) is 0 Å². The van der Waals surface area contributed by atoms with E-state index >= 15 is 0 Å². The molecule has 3 N–H and O–H groups in total. The van der Waals surface area contributed by atoms with Crippen LogP contribution < -0.4 is 11.1 Å². The largest absolute Gasteiger partial charge is 0.327 e. The van der Waals surface area contributed by atoms with E-state index in [0.29, 0.717) is 6.04 Å². The molecule has 1 aliphatic heterocycles. The van der Waals surface area contributed by atoms with E-state index in [1.165, 1.54) is 38.6 Å². The maximum Gasteiger partial charge on any atom is 0.0110 e. The third-order valence-electron chi connectivity index (χ3n) is 3.24. The standard InChI is InChI=1S/C9H18N2/c10-8-4-1-5-9-7(8)3-2-6-11-9/h7-9,11H,1-6,10H2/t7-,8-,9+/m0/s1. The highest BCUT2D eigenvalue weighted by Crippen LogP contribution is 2.29. The summed E-state index contributed by atoms with van der Waals surface area (Å²) in [6, 6.07) is 1.24. The van der Waals surface area contributed by atoms with Crippen LogP contribution in [0.2, 0.25) is 0 Å². The Morgan fingerprint density at radius 2 is 2.00 bits per heavy atom. The van der Waals surface area contributed by atoms with Gasteiger partial charge >= 0.3 is 0 Å². The number of hydrogen-bond donors (Lipinski definition) is 2. The molecule has 3 atom stereocenters. The van der Waals surface area contributed by atoms with Crippen LogP contribution in [0.5, 0.6) is 0 Å². The fourth-order valence-electron chi connectivity index (χ4n) is 2.59. The molecule has 2 aliphatic rings. The zero-order valence-electron chi connectivity index (χ0n) is 7.05. The molecule has 0 radical (unpaired) electrons. The molecule has 0 spiro atoms. The SMILES string of the molecule is N[C@H]1CCC[C@H]2NCCC[C@@H]12. The number of fused-ring (bicyclic) bond motifs is 1. The first-order valence-corrected chi connectivity index (χ1v) is 4.87. The van der Waals surface area contributed by atoms with Crippen LogP contribution in [0.25, 0.3) is 0 Å². The van der Waals surface area contributed by atoms with Gasteiger partial charge in [0.2, 0.25) is 0 Å².